The number of fused-ring (bicyclic) bond motifs is 1. The quantitative estimate of drug-likeness (QED) is 0.875. The fraction of sp³-hybridized carbons (Fsp3) is 0.650. The second-order valence-electron chi connectivity index (χ2n) is 7.67. The summed E-state index contributed by atoms with van der Waals surface area (Å²) in [5.74, 6) is 0.110. The van der Waals surface area contributed by atoms with Gasteiger partial charge in [-0.1, -0.05) is 18.6 Å². The Balaban J connectivity index is 1.36. The molecule has 2 aliphatic rings. The summed E-state index contributed by atoms with van der Waals surface area (Å²) < 4.78 is 5.41. The third kappa shape index (κ3) is 3.98. The van der Waals surface area contributed by atoms with Crippen molar-refractivity contribution in [2.24, 2.45) is 0 Å². The summed E-state index contributed by atoms with van der Waals surface area (Å²) >= 11 is 0. The Morgan fingerprint density at radius 2 is 2.16 bits per heavy atom. The summed E-state index contributed by atoms with van der Waals surface area (Å²) in [6.45, 7) is 4.65. The van der Waals surface area contributed by atoms with E-state index in [4.69, 9.17) is 4.42 Å². The number of aromatic amines is 1. The van der Waals surface area contributed by atoms with E-state index in [1.807, 2.05) is 12.1 Å². The van der Waals surface area contributed by atoms with Crippen LogP contribution in [0.3, 0.4) is 0 Å². The van der Waals surface area contributed by atoms with Crippen molar-refractivity contribution in [2.75, 3.05) is 26.2 Å². The summed E-state index contributed by atoms with van der Waals surface area (Å²) in [7, 11) is 0. The highest BCUT2D eigenvalue weighted by molar-refractivity contribution is 5.76. The van der Waals surface area contributed by atoms with Gasteiger partial charge in [-0.25, -0.2) is 4.79 Å². The summed E-state index contributed by atoms with van der Waals surface area (Å²) in [4.78, 5) is 16.9. The molecule has 2 N–H and O–H groups in total. The minimum atomic E-state index is -0.352. The Morgan fingerprint density at radius 3 is 3.04 bits per heavy atom. The highest BCUT2D eigenvalue weighted by Gasteiger charge is 2.24. The fourth-order valence-electron chi connectivity index (χ4n) is 4.56. The van der Waals surface area contributed by atoms with Crippen molar-refractivity contribution in [1.82, 2.24) is 15.2 Å². The van der Waals surface area contributed by atoms with E-state index in [9.17, 15) is 4.79 Å². The van der Waals surface area contributed by atoms with Crippen molar-refractivity contribution >= 4 is 11.1 Å². The predicted octanol–water partition coefficient (Wildman–Crippen LogP) is 3.22. The molecule has 5 heteroatoms. The van der Waals surface area contributed by atoms with Gasteiger partial charge < -0.3 is 14.6 Å². The van der Waals surface area contributed by atoms with Gasteiger partial charge in [-0.3, -0.25) is 4.98 Å². The van der Waals surface area contributed by atoms with Gasteiger partial charge in [0, 0.05) is 24.1 Å². The fourth-order valence-corrected chi connectivity index (χ4v) is 4.56. The number of nitrogens with zero attached hydrogens (tertiary/aromatic N) is 1. The highest BCUT2D eigenvalue weighted by atomic mass is 16.4. The SMILES string of the molecule is O=c1[nH]c2cccc(C3CCCN(CCCC4CCCCN4)C3)c2o1. The normalized spacial score (nSPS) is 25.4. The van der Waals surface area contributed by atoms with Crippen LogP contribution in [0.2, 0.25) is 0 Å². The third-order valence-electron chi connectivity index (χ3n) is 5.86. The Morgan fingerprint density at radius 1 is 1.20 bits per heavy atom. The summed E-state index contributed by atoms with van der Waals surface area (Å²) in [5, 5.41) is 3.65. The number of hydrogen-bond acceptors (Lipinski definition) is 4. The first kappa shape index (κ1) is 16.9. The van der Waals surface area contributed by atoms with Crippen LogP contribution in [-0.2, 0) is 0 Å². The largest absolute Gasteiger partial charge is 0.417 e. The van der Waals surface area contributed by atoms with Gasteiger partial charge in [0.2, 0.25) is 0 Å². The van der Waals surface area contributed by atoms with Crippen LogP contribution in [0.1, 0.15) is 56.4 Å². The predicted molar refractivity (Wildman–Crippen MR) is 100 cm³/mol. The molecule has 2 unspecified atom stereocenters. The lowest BCUT2D eigenvalue weighted by molar-refractivity contribution is 0.200. The van der Waals surface area contributed by atoms with Crippen LogP contribution in [0.15, 0.2) is 27.4 Å². The van der Waals surface area contributed by atoms with Gasteiger partial charge in [0.1, 0.15) is 0 Å². The molecule has 0 aliphatic carbocycles. The first-order valence-corrected chi connectivity index (χ1v) is 9.87. The minimum Gasteiger partial charge on any atom is -0.408 e. The van der Waals surface area contributed by atoms with Crippen molar-refractivity contribution in [1.29, 1.82) is 0 Å². The van der Waals surface area contributed by atoms with E-state index in [1.165, 1.54) is 70.1 Å². The van der Waals surface area contributed by atoms with E-state index in [2.05, 4.69) is 21.3 Å². The topological polar surface area (TPSA) is 61.3 Å². The lowest BCUT2D eigenvalue weighted by Gasteiger charge is -2.33. The summed E-state index contributed by atoms with van der Waals surface area (Å²) in [6, 6.07) is 6.80. The number of oxazole rings is 1. The number of aromatic nitrogens is 1. The molecule has 0 radical (unpaired) electrons. The molecule has 4 rings (SSSR count). The number of piperidine rings is 2. The van der Waals surface area contributed by atoms with Crippen LogP contribution in [0.4, 0.5) is 0 Å². The Hall–Kier alpha value is -1.59. The van der Waals surface area contributed by atoms with Crippen molar-refractivity contribution in [2.45, 2.75) is 56.9 Å². The van der Waals surface area contributed by atoms with Crippen LogP contribution >= 0.6 is 0 Å². The number of H-pyrrole nitrogens is 1. The Kier molecular flexibility index (Phi) is 5.22. The van der Waals surface area contributed by atoms with Crippen molar-refractivity contribution in [3.05, 3.63) is 34.3 Å². The van der Waals surface area contributed by atoms with E-state index >= 15 is 0 Å². The number of benzene rings is 1. The van der Waals surface area contributed by atoms with Crippen LogP contribution in [0.5, 0.6) is 0 Å². The second-order valence-corrected chi connectivity index (χ2v) is 7.67. The maximum absolute atomic E-state index is 11.5. The monoisotopic (exact) mass is 343 g/mol. The zero-order valence-corrected chi connectivity index (χ0v) is 14.9. The van der Waals surface area contributed by atoms with Crippen LogP contribution in [0.25, 0.3) is 11.1 Å². The molecule has 136 valence electrons. The second kappa shape index (κ2) is 7.75. The molecule has 2 aliphatic heterocycles. The van der Waals surface area contributed by atoms with Gasteiger partial charge in [0.05, 0.1) is 5.52 Å². The molecule has 0 amide bonds. The first-order valence-electron chi connectivity index (χ1n) is 9.87. The van der Waals surface area contributed by atoms with E-state index in [1.54, 1.807) is 0 Å². The molecule has 3 heterocycles. The number of likely N-dealkylation sites (tertiary alicyclic amines) is 1. The van der Waals surface area contributed by atoms with E-state index in [0.29, 0.717) is 5.92 Å². The first-order chi connectivity index (χ1) is 12.3. The third-order valence-corrected chi connectivity index (χ3v) is 5.86. The Bertz CT molecular complexity index is 745. The van der Waals surface area contributed by atoms with Gasteiger partial charge in [-0.2, -0.15) is 0 Å². The van der Waals surface area contributed by atoms with Gasteiger partial charge in [-0.15, -0.1) is 0 Å². The molecular formula is C20H29N3O2. The van der Waals surface area contributed by atoms with Gasteiger partial charge in [0.25, 0.3) is 0 Å². The molecule has 0 spiro atoms. The lowest BCUT2D eigenvalue weighted by Crippen LogP contribution is -2.37. The van der Waals surface area contributed by atoms with E-state index < -0.39 is 0 Å². The number of hydrogen-bond donors (Lipinski definition) is 2. The molecule has 25 heavy (non-hydrogen) atoms. The van der Waals surface area contributed by atoms with E-state index in [0.717, 1.165) is 23.7 Å². The average Bonchev–Trinajstić information content (AvgIpc) is 3.03. The average molecular weight is 343 g/mol. The highest BCUT2D eigenvalue weighted by Crippen LogP contribution is 2.31. The lowest BCUT2D eigenvalue weighted by atomic mass is 9.90. The van der Waals surface area contributed by atoms with Crippen LogP contribution in [0, 0.1) is 0 Å². The summed E-state index contributed by atoms with van der Waals surface area (Å²) in [6.07, 6.45) is 9.03. The molecule has 0 saturated carbocycles. The maximum atomic E-state index is 11.5. The molecular weight excluding hydrogens is 314 g/mol. The standard InChI is InChI=1S/C20H29N3O2/c24-20-22-18-10-3-9-17(19(18)25-20)15-6-4-12-23(14-15)13-5-8-16-7-1-2-11-21-16/h3,9-10,15-16,21H,1-2,4-8,11-14H2,(H,22,24). The zero-order chi connectivity index (χ0) is 17.1. The molecule has 2 saturated heterocycles. The molecule has 2 aromatic rings. The van der Waals surface area contributed by atoms with Gasteiger partial charge in [-0.05, 0) is 64.2 Å². The number of nitrogens with one attached hydrogen (secondary N) is 2. The molecule has 1 aromatic heterocycles. The summed E-state index contributed by atoms with van der Waals surface area (Å²) in [5.41, 5.74) is 2.77. The Labute approximate surface area is 148 Å². The maximum Gasteiger partial charge on any atom is 0.417 e. The van der Waals surface area contributed by atoms with Crippen molar-refractivity contribution in [3.8, 4) is 0 Å². The van der Waals surface area contributed by atoms with Crippen molar-refractivity contribution in [3.63, 3.8) is 0 Å². The van der Waals surface area contributed by atoms with Gasteiger partial charge >= 0.3 is 5.76 Å². The zero-order valence-electron chi connectivity index (χ0n) is 14.9. The van der Waals surface area contributed by atoms with Crippen LogP contribution in [-0.4, -0.2) is 42.1 Å². The molecule has 0 bridgehead atoms. The van der Waals surface area contributed by atoms with Crippen molar-refractivity contribution < 1.29 is 4.42 Å². The van der Waals surface area contributed by atoms with Crippen LogP contribution < -0.4 is 11.1 Å². The smallest absolute Gasteiger partial charge is 0.408 e. The van der Waals surface area contributed by atoms with E-state index in [-0.39, 0.29) is 5.76 Å². The molecule has 1 aromatic carbocycles. The van der Waals surface area contributed by atoms with Gasteiger partial charge in [0.15, 0.2) is 5.58 Å². The minimum absolute atomic E-state index is 0.352. The molecule has 2 fully saturated rings. The molecule has 2 atom stereocenters. The molecule has 5 nitrogen and oxygen atoms in total. The number of para-hydroxylation sites is 1. The number of rotatable bonds is 5.